The van der Waals surface area contributed by atoms with Crippen LogP contribution in [0.3, 0.4) is 0 Å². The van der Waals surface area contributed by atoms with E-state index in [2.05, 4.69) is 5.32 Å². The zero-order chi connectivity index (χ0) is 18.2. The second kappa shape index (κ2) is 8.94. The van der Waals surface area contributed by atoms with E-state index < -0.39 is 18.5 Å². The summed E-state index contributed by atoms with van der Waals surface area (Å²) < 4.78 is 15.2. The van der Waals surface area contributed by atoms with Gasteiger partial charge in [-0.25, -0.2) is 4.79 Å². The number of carbonyl (C=O) groups is 2. The van der Waals surface area contributed by atoms with Crippen LogP contribution in [0.15, 0.2) is 42.5 Å². The minimum absolute atomic E-state index is 0.187. The monoisotopic (exact) mass is 363 g/mol. The van der Waals surface area contributed by atoms with Crippen molar-refractivity contribution >= 4 is 23.5 Å². The molecule has 0 radical (unpaired) electrons. The third-order valence-corrected chi connectivity index (χ3v) is 3.62. The molecule has 2 aromatic rings. The van der Waals surface area contributed by atoms with E-state index in [0.717, 1.165) is 5.56 Å². The Kier molecular flexibility index (Phi) is 6.65. The number of nitrogens with one attached hydrogen (secondary N) is 1. The second-order valence-electron chi connectivity index (χ2n) is 5.05. The Labute approximate surface area is 150 Å². The molecule has 2 aromatic carbocycles. The Morgan fingerprint density at radius 1 is 1.04 bits per heavy atom. The molecule has 0 bridgehead atoms. The Hall–Kier alpha value is -2.73. The highest BCUT2D eigenvalue weighted by molar-refractivity contribution is 6.30. The SMILES string of the molecule is COc1ccc(OC)c(C(=O)OCC(=O)NCc2ccc(Cl)cc2)c1. The van der Waals surface area contributed by atoms with E-state index in [-0.39, 0.29) is 5.56 Å². The van der Waals surface area contributed by atoms with Gasteiger partial charge in [0.1, 0.15) is 17.1 Å². The molecule has 0 aliphatic carbocycles. The van der Waals surface area contributed by atoms with Crippen LogP contribution in [0.4, 0.5) is 0 Å². The minimum Gasteiger partial charge on any atom is -0.497 e. The number of amides is 1. The summed E-state index contributed by atoms with van der Waals surface area (Å²) >= 11 is 5.80. The van der Waals surface area contributed by atoms with Crippen molar-refractivity contribution in [1.82, 2.24) is 5.32 Å². The standard InChI is InChI=1S/C18H18ClNO5/c1-23-14-7-8-16(24-2)15(9-14)18(22)25-11-17(21)20-10-12-3-5-13(19)6-4-12/h3-9H,10-11H2,1-2H3,(H,20,21). The van der Waals surface area contributed by atoms with Gasteiger partial charge in [0.25, 0.3) is 5.91 Å². The first-order chi connectivity index (χ1) is 12.0. The molecule has 6 nitrogen and oxygen atoms in total. The summed E-state index contributed by atoms with van der Waals surface area (Å²) in [7, 11) is 2.93. The number of benzene rings is 2. The summed E-state index contributed by atoms with van der Waals surface area (Å²) in [6.07, 6.45) is 0. The van der Waals surface area contributed by atoms with Gasteiger partial charge in [0.05, 0.1) is 14.2 Å². The minimum atomic E-state index is -0.669. The third kappa shape index (κ3) is 5.39. The molecule has 0 unspecified atom stereocenters. The zero-order valence-electron chi connectivity index (χ0n) is 13.9. The molecule has 0 aliphatic heterocycles. The van der Waals surface area contributed by atoms with Gasteiger partial charge in [-0.05, 0) is 35.9 Å². The van der Waals surface area contributed by atoms with Gasteiger partial charge >= 0.3 is 5.97 Å². The number of hydrogen-bond acceptors (Lipinski definition) is 5. The molecule has 0 fully saturated rings. The molecule has 1 amide bonds. The average molecular weight is 364 g/mol. The maximum atomic E-state index is 12.2. The van der Waals surface area contributed by atoms with Crippen molar-refractivity contribution in [2.75, 3.05) is 20.8 Å². The molecular formula is C18H18ClNO5. The summed E-state index contributed by atoms with van der Waals surface area (Å²) in [5, 5.41) is 3.28. The van der Waals surface area contributed by atoms with Crippen LogP contribution >= 0.6 is 11.6 Å². The van der Waals surface area contributed by atoms with E-state index in [0.29, 0.717) is 23.1 Å². The Bertz CT molecular complexity index is 746. The first-order valence-corrected chi connectivity index (χ1v) is 7.81. The van der Waals surface area contributed by atoms with Crippen molar-refractivity contribution in [2.45, 2.75) is 6.54 Å². The van der Waals surface area contributed by atoms with E-state index in [1.807, 2.05) is 0 Å². The molecule has 0 saturated carbocycles. The normalized spacial score (nSPS) is 10.0. The fourth-order valence-electron chi connectivity index (χ4n) is 2.04. The number of methoxy groups -OCH3 is 2. The van der Waals surface area contributed by atoms with Crippen LogP contribution in [-0.2, 0) is 16.1 Å². The molecule has 25 heavy (non-hydrogen) atoms. The molecule has 0 heterocycles. The molecule has 7 heteroatoms. The Morgan fingerprint density at radius 3 is 2.40 bits per heavy atom. The van der Waals surface area contributed by atoms with Gasteiger partial charge < -0.3 is 19.5 Å². The first kappa shape index (κ1) is 18.6. The summed E-state index contributed by atoms with van der Waals surface area (Å²) in [4.78, 5) is 24.0. The quantitative estimate of drug-likeness (QED) is 0.766. The van der Waals surface area contributed by atoms with E-state index in [1.54, 1.807) is 36.4 Å². The Balaban J connectivity index is 1.88. The lowest BCUT2D eigenvalue weighted by Crippen LogP contribution is -2.28. The summed E-state index contributed by atoms with van der Waals surface area (Å²) in [6.45, 7) is -0.0805. The van der Waals surface area contributed by atoms with Gasteiger partial charge in [-0.3, -0.25) is 4.79 Å². The van der Waals surface area contributed by atoms with Crippen LogP contribution < -0.4 is 14.8 Å². The van der Waals surface area contributed by atoms with Gasteiger partial charge in [-0.1, -0.05) is 23.7 Å². The summed E-state index contributed by atoms with van der Waals surface area (Å²) in [5.74, 6) is -0.255. The number of halogens is 1. The van der Waals surface area contributed by atoms with Crippen molar-refractivity contribution in [3.8, 4) is 11.5 Å². The maximum Gasteiger partial charge on any atom is 0.342 e. The fraction of sp³-hybridized carbons (Fsp3) is 0.222. The van der Waals surface area contributed by atoms with Gasteiger partial charge in [-0.15, -0.1) is 0 Å². The van der Waals surface area contributed by atoms with Crippen molar-refractivity contribution in [2.24, 2.45) is 0 Å². The number of carbonyl (C=O) groups excluding carboxylic acids is 2. The van der Waals surface area contributed by atoms with Crippen LogP contribution in [0.2, 0.25) is 5.02 Å². The average Bonchev–Trinajstić information content (AvgIpc) is 2.65. The van der Waals surface area contributed by atoms with Crippen molar-refractivity contribution < 1.29 is 23.8 Å². The van der Waals surface area contributed by atoms with Crippen LogP contribution in [0.5, 0.6) is 11.5 Å². The van der Waals surface area contributed by atoms with Crippen LogP contribution in [0, 0.1) is 0 Å². The predicted octanol–water partition coefficient (Wildman–Crippen LogP) is 2.83. The molecule has 1 N–H and O–H groups in total. The lowest BCUT2D eigenvalue weighted by atomic mass is 10.2. The van der Waals surface area contributed by atoms with Gasteiger partial charge in [-0.2, -0.15) is 0 Å². The molecule has 0 spiro atoms. The van der Waals surface area contributed by atoms with E-state index in [4.69, 9.17) is 25.8 Å². The number of hydrogen-bond donors (Lipinski definition) is 1. The number of rotatable bonds is 7. The molecule has 132 valence electrons. The lowest BCUT2D eigenvalue weighted by Gasteiger charge is -2.10. The summed E-state index contributed by atoms with van der Waals surface area (Å²) in [5.41, 5.74) is 1.07. The highest BCUT2D eigenvalue weighted by atomic mass is 35.5. The smallest absolute Gasteiger partial charge is 0.342 e. The molecular weight excluding hydrogens is 346 g/mol. The highest BCUT2D eigenvalue weighted by Gasteiger charge is 2.16. The molecule has 0 aliphatic rings. The van der Waals surface area contributed by atoms with Crippen molar-refractivity contribution in [3.05, 3.63) is 58.6 Å². The lowest BCUT2D eigenvalue weighted by molar-refractivity contribution is -0.124. The second-order valence-corrected chi connectivity index (χ2v) is 5.48. The maximum absolute atomic E-state index is 12.2. The van der Waals surface area contributed by atoms with Crippen LogP contribution in [0.1, 0.15) is 15.9 Å². The van der Waals surface area contributed by atoms with Gasteiger partial charge in [0, 0.05) is 11.6 Å². The molecule has 0 aromatic heterocycles. The van der Waals surface area contributed by atoms with E-state index in [9.17, 15) is 9.59 Å². The highest BCUT2D eigenvalue weighted by Crippen LogP contribution is 2.24. The number of esters is 1. The summed E-state index contributed by atoms with van der Waals surface area (Å²) in [6, 6.07) is 11.8. The molecule has 0 saturated heterocycles. The van der Waals surface area contributed by atoms with Crippen molar-refractivity contribution in [3.63, 3.8) is 0 Å². The third-order valence-electron chi connectivity index (χ3n) is 3.36. The van der Waals surface area contributed by atoms with E-state index in [1.165, 1.54) is 20.3 Å². The zero-order valence-corrected chi connectivity index (χ0v) is 14.6. The fourth-order valence-corrected chi connectivity index (χ4v) is 2.16. The van der Waals surface area contributed by atoms with Gasteiger partial charge in [0.15, 0.2) is 6.61 Å². The largest absolute Gasteiger partial charge is 0.497 e. The van der Waals surface area contributed by atoms with E-state index >= 15 is 0 Å². The predicted molar refractivity (Wildman–Crippen MR) is 93.1 cm³/mol. The number of ether oxygens (including phenoxy) is 3. The first-order valence-electron chi connectivity index (χ1n) is 7.43. The van der Waals surface area contributed by atoms with Crippen molar-refractivity contribution in [1.29, 1.82) is 0 Å². The molecule has 2 rings (SSSR count). The van der Waals surface area contributed by atoms with Crippen LogP contribution in [0.25, 0.3) is 0 Å². The van der Waals surface area contributed by atoms with Crippen LogP contribution in [-0.4, -0.2) is 32.7 Å². The molecule has 0 atom stereocenters. The topological polar surface area (TPSA) is 73.9 Å². The van der Waals surface area contributed by atoms with Gasteiger partial charge in [0.2, 0.25) is 0 Å². The Morgan fingerprint density at radius 2 is 1.76 bits per heavy atom.